The minimum Gasteiger partial charge on any atom is -0.352 e. The molecule has 1 fully saturated rings. The highest BCUT2D eigenvalue weighted by atomic mass is 35.5. The molecule has 1 unspecified atom stereocenters. The van der Waals surface area contributed by atoms with E-state index < -0.39 is 0 Å². The number of thioether (sulfide) groups is 1. The molecular formula is C13H21ClN4S. The van der Waals surface area contributed by atoms with E-state index in [1.54, 1.807) is 0 Å². The maximum Gasteiger partial charge on any atom is 0.190 e. The summed E-state index contributed by atoms with van der Waals surface area (Å²) in [7, 11) is 2.19. The van der Waals surface area contributed by atoms with E-state index in [4.69, 9.17) is 11.6 Å². The van der Waals surface area contributed by atoms with Crippen molar-refractivity contribution >= 4 is 29.2 Å². The fourth-order valence-electron chi connectivity index (χ4n) is 2.52. The van der Waals surface area contributed by atoms with Crippen molar-refractivity contribution in [1.82, 2.24) is 14.9 Å². The Balaban J connectivity index is 2.29. The van der Waals surface area contributed by atoms with Gasteiger partial charge < -0.3 is 9.80 Å². The molecule has 1 aliphatic heterocycles. The largest absolute Gasteiger partial charge is 0.352 e. The van der Waals surface area contributed by atoms with Crippen LogP contribution < -0.4 is 4.90 Å². The van der Waals surface area contributed by atoms with Crippen LogP contribution in [0.2, 0.25) is 5.15 Å². The van der Waals surface area contributed by atoms with Crippen LogP contribution >= 0.6 is 23.4 Å². The lowest BCUT2D eigenvalue weighted by Crippen LogP contribution is -2.40. The molecule has 0 aromatic carbocycles. The lowest BCUT2D eigenvalue weighted by molar-refractivity contribution is 0.327. The quantitative estimate of drug-likeness (QED) is 0.487. The SMILES string of the molecule is CCC1CN(C)CCCN1c1cc(Cl)nc(SC)n1. The predicted octanol–water partition coefficient (Wildman–Crippen LogP) is 2.77. The molecule has 1 saturated heterocycles. The van der Waals surface area contributed by atoms with Crippen LogP contribution in [0.25, 0.3) is 0 Å². The van der Waals surface area contributed by atoms with Crippen LogP contribution in [-0.4, -0.2) is 53.8 Å². The molecule has 0 bridgehead atoms. The minimum absolute atomic E-state index is 0.494. The summed E-state index contributed by atoms with van der Waals surface area (Å²) in [6.45, 7) is 5.48. The van der Waals surface area contributed by atoms with E-state index in [0.29, 0.717) is 11.2 Å². The van der Waals surface area contributed by atoms with Crippen LogP contribution in [0.4, 0.5) is 5.82 Å². The summed E-state index contributed by atoms with van der Waals surface area (Å²) in [6, 6.07) is 2.38. The van der Waals surface area contributed by atoms with Gasteiger partial charge in [0.15, 0.2) is 5.16 Å². The third-order valence-corrected chi connectivity index (χ3v) is 4.25. The van der Waals surface area contributed by atoms with Crippen molar-refractivity contribution < 1.29 is 0 Å². The Bertz CT molecular complexity index is 429. The smallest absolute Gasteiger partial charge is 0.190 e. The van der Waals surface area contributed by atoms with Crippen LogP contribution in [0.3, 0.4) is 0 Å². The molecule has 1 atom stereocenters. The summed E-state index contributed by atoms with van der Waals surface area (Å²) in [4.78, 5) is 13.6. The molecule has 1 aromatic rings. The van der Waals surface area contributed by atoms with Crippen LogP contribution in [0, 0.1) is 0 Å². The maximum atomic E-state index is 6.11. The van der Waals surface area contributed by atoms with Crippen molar-refractivity contribution in [2.75, 3.05) is 37.8 Å². The number of rotatable bonds is 3. The molecule has 19 heavy (non-hydrogen) atoms. The predicted molar refractivity (Wildman–Crippen MR) is 82.4 cm³/mol. The van der Waals surface area contributed by atoms with Crippen molar-refractivity contribution in [2.24, 2.45) is 0 Å². The minimum atomic E-state index is 0.494. The van der Waals surface area contributed by atoms with Gasteiger partial charge in [0.1, 0.15) is 11.0 Å². The lowest BCUT2D eigenvalue weighted by atomic mass is 10.2. The zero-order valence-corrected chi connectivity index (χ0v) is 13.3. The fourth-order valence-corrected chi connectivity index (χ4v) is 3.12. The Labute approximate surface area is 124 Å². The summed E-state index contributed by atoms with van der Waals surface area (Å²) < 4.78 is 0. The van der Waals surface area contributed by atoms with Gasteiger partial charge in [-0.3, -0.25) is 0 Å². The maximum absolute atomic E-state index is 6.11. The molecule has 0 amide bonds. The first-order valence-electron chi connectivity index (χ1n) is 6.67. The van der Waals surface area contributed by atoms with Gasteiger partial charge >= 0.3 is 0 Å². The standard InChI is InChI=1S/C13H21ClN4S/c1-4-10-9-17(2)6-5-7-18(10)12-8-11(14)15-13(16-12)19-3/h8,10H,4-7,9H2,1-3H3. The Morgan fingerprint density at radius 1 is 1.42 bits per heavy atom. The molecule has 0 spiro atoms. The van der Waals surface area contributed by atoms with Gasteiger partial charge in [-0.25, -0.2) is 9.97 Å². The molecule has 4 nitrogen and oxygen atoms in total. The van der Waals surface area contributed by atoms with Crippen LogP contribution in [0.5, 0.6) is 0 Å². The van der Waals surface area contributed by atoms with E-state index in [9.17, 15) is 0 Å². The molecule has 2 heterocycles. The fraction of sp³-hybridized carbons (Fsp3) is 0.692. The van der Waals surface area contributed by atoms with Crippen LogP contribution in [0.15, 0.2) is 11.2 Å². The third kappa shape index (κ3) is 3.74. The summed E-state index contributed by atoms with van der Waals surface area (Å²) in [5.41, 5.74) is 0. The molecule has 1 aliphatic rings. The van der Waals surface area contributed by atoms with E-state index in [0.717, 1.165) is 43.5 Å². The Hall–Kier alpha value is -0.520. The van der Waals surface area contributed by atoms with Crippen molar-refractivity contribution in [2.45, 2.75) is 31.0 Å². The second-order valence-electron chi connectivity index (χ2n) is 4.91. The average Bonchev–Trinajstić information content (AvgIpc) is 2.59. The van der Waals surface area contributed by atoms with Gasteiger partial charge in [-0.05, 0) is 32.7 Å². The number of halogens is 1. The highest BCUT2D eigenvalue weighted by Crippen LogP contribution is 2.24. The Morgan fingerprint density at radius 2 is 2.21 bits per heavy atom. The highest BCUT2D eigenvalue weighted by molar-refractivity contribution is 7.98. The van der Waals surface area contributed by atoms with E-state index in [2.05, 4.69) is 33.7 Å². The third-order valence-electron chi connectivity index (χ3n) is 3.51. The summed E-state index contributed by atoms with van der Waals surface area (Å²) in [5.74, 6) is 0.964. The first-order valence-corrected chi connectivity index (χ1v) is 8.28. The normalized spacial score (nSPS) is 21.5. The van der Waals surface area contributed by atoms with Gasteiger partial charge in [0.05, 0.1) is 0 Å². The molecule has 6 heteroatoms. The molecule has 0 saturated carbocycles. The number of nitrogens with zero attached hydrogens (tertiary/aromatic N) is 4. The average molecular weight is 301 g/mol. The van der Waals surface area contributed by atoms with Crippen molar-refractivity contribution in [3.63, 3.8) is 0 Å². The van der Waals surface area contributed by atoms with Gasteiger partial charge in [0.2, 0.25) is 0 Å². The van der Waals surface area contributed by atoms with E-state index >= 15 is 0 Å². The first kappa shape index (κ1) is 14.9. The number of aromatic nitrogens is 2. The molecule has 2 rings (SSSR count). The monoisotopic (exact) mass is 300 g/mol. The van der Waals surface area contributed by atoms with E-state index in [-0.39, 0.29) is 0 Å². The summed E-state index contributed by atoms with van der Waals surface area (Å²) in [5, 5.41) is 1.27. The second kappa shape index (κ2) is 6.77. The number of hydrogen-bond acceptors (Lipinski definition) is 5. The van der Waals surface area contributed by atoms with Crippen LogP contribution in [0.1, 0.15) is 19.8 Å². The van der Waals surface area contributed by atoms with E-state index in [1.165, 1.54) is 11.8 Å². The van der Waals surface area contributed by atoms with Gasteiger partial charge in [-0.1, -0.05) is 30.3 Å². The van der Waals surface area contributed by atoms with Gasteiger partial charge in [-0.2, -0.15) is 0 Å². The van der Waals surface area contributed by atoms with Crippen molar-refractivity contribution in [3.8, 4) is 0 Å². The van der Waals surface area contributed by atoms with Crippen LogP contribution in [-0.2, 0) is 0 Å². The summed E-state index contributed by atoms with van der Waals surface area (Å²) >= 11 is 7.64. The second-order valence-corrected chi connectivity index (χ2v) is 6.07. The number of anilines is 1. The van der Waals surface area contributed by atoms with Crippen molar-refractivity contribution in [3.05, 3.63) is 11.2 Å². The Kier molecular flexibility index (Phi) is 5.30. The van der Waals surface area contributed by atoms with Gasteiger partial charge in [-0.15, -0.1) is 0 Å². The summed E-state index contributed by atoms with van der Waals surface area (Å²) in [6.07, 6.45) is 4.24. The number of likely N-dealkylation sites (N-methyl/N-ethyl adjacent to an activating group) is 1. The molecule has 106 valence electrons. The van der Waals surface area contributed by atoms with Gasteiger partial charge in [0, 0.05) is 25.2 Å². The topological polar surface area (TPSA) is 32.3 Å². The molecule has 0 aliphatic carbocycles. The highest BCUT2D eigenvalue weighted by Gasteiger charge is 2.23. The van der Waals surface area contributed by atoms with Crippen molar-refractivity contribution in [1.29, 1.82) is 0 Å². The molecule has 1 aromatic heterocycles. The Morgan fingerprint density at radius 3 is 2.89 bits per heavy atom. The molecular weight excluding hydrogens is 280 g/mol. The zero-order chi connectivity index (χ0) is 13.8. The lowest BCUT2D eigenvalue weighted by Gasteiger charge is -2.31. The molecule has 0 N–H and O–H groups in total. The zero-order valence-electron chi connectivity index (χ0n) is 11.8. The first-order chi connectivity index (χ1) is 9.13. The molecule has 0 radical (unpaired) electrons. The van der Waals surface area contributed by atoms with Gasteiger partial charge in [0.25, 0.3) is 0 Å². The van der Waals surface area contributed by atoms with E-state index in [1.807, 2.05) is 12.3 Å². The number of hydrogen-bond donors (Lipinski definition) is 0.